The summed E-state index contributed by atoms with van der Waals surface area (Å²) in [5, 5.41) is 6.30. The van der Waals surface area contributed by atoms with Gasteiger partial charge in [-0.3, -0.25) is 4.79 Å². The average molecular weight is 856 g/mol. The van der Waals surface area contributed by atoms with Crippen molar-refractivity contribution in [2.45, 2.75) is 98.3 Å². The van der Waals surface area contributed by atoms with Gasteiger partial charge in [0.25, 0.3) is 0 Å². The van der Waals surface area contributed by atoms with Crippen molar-refractivity contribution in [1.82, 2.24) is 0 Å². The minimum absolute atomic E-state index is 0. The minimum Gasteiger partial charge on any atom is -0.308 e. The van der Waals surface area contributed by atoms with E-state index in [9.17, 15) is 31.1 Å². The van der Waals surface area contributed by atoms with Gasteiger partial charge in [0.1, 0.15) is 5.78 Å². The normalized spacial score (nSPS) is 10.9. The number of Topliss-reactive ketones (excluding diaryl/α,β-unsaturated/α-hetero) is 1. The summed E-state index contributed by atoms with van der Waals surface area (Å²) in [6.07, 6.45) is 4.10. The third kappa shape index (κ3) is 23.5. The molecule has 43 heavy (non-hydrogen) atoms. The minimum atomic E-state index is -4.36. The quantitative estimate of drug-likeness (QED) is 0.106. The molecule has 0 heterocycles. The van der Waals surface area contributed by atoms with Gasteiger partial charge in [0.2, 0.25) is 0 Å². The molecule has 0 radical (unpaired) electrons. The number of allylic oxidation sites excluding steroid dienone is 2. The van der Waals surface area contributed by atoms with E-state index in [0.717, 1.165) is 36.8 Å². The number of carbonyl (C=O) groups is 1. The van der Waals surface area contributed by atoms with Crippen LogP contribution in [0.1, 0.15) is 89.0 Å². The second-order valence-corrected chi connectivity index (χ2v) is 10.1. The summed E-state index contributed by atoms with van der Waals surface area (Å²) in [5.74, 6) is 1.25. The van der Waals surface area contributed by atoms with Crippen LogP contribution in [0.3, 0.4) is 0 Å². The van der Waals surface area contributed by atoms with E-state index in [2.05, 4.69) is 45.0 Å². The van der Waals surface area contributed by atoms with Crippen LogP contribution in [0.15, 0.2) is 48.0 Å². The Hall–Kier alpha value is -1.50. The topological polar surface area (TPSA) is 40.9 Å². The molecule has 2 rings (SSSR count). The molecule has 0 atom stereocenters. The fourth-order valence-corrected chi connectivity index (χ4v) is 3.98. The first-order chi connectivity index (χ1) is 19.7. The third-order valence-corrected chi connectivity index (χ3v) is 6.31. The van der Waals surface area contributed by atoms with Gasteiger partial charge in [-0.1, -0.05) is 77.4 Å². The zero-order valence-corrected chi connectivity index (χ0v) is 31.0. The van der Waals surface area contributed by atoms with Crippen molar-refractivity contribution in [3.8, 4) is 0 Å². The summed E-state index contributed by atoms with van der Waals surface area (Å²) in [6, 6.07) is 14.8. The summed E-state index contributed by atoms with van der Waals surface area (Å²) < 4.78 is 69.8. The smallest absolute Gasteiger partial charge is 0.308 e. The van der Waals surface area contributed by atoms with Crippen LogP contribution in [0, 0.1) is 48.7 Å². The molecule has 0 aliphatic rings. The molecule has 0 aliphatic carbocycles. The van der Waals surface area contributed by atoms with E-state index < -0.39 is 23.5 Å². The maximum absolute atomic E-state index is 11.8. The second kappa shape index (κ2) is 26.9. The number of hydrogen-bond donors (Lipinski definition) is 1. The van der Waals surface area contributed by atoms with Gasteiger partial charge >= 0.3 is 43.5 Å². The van der Waals surface area contributed by atoms with Gasteiger partial charge < -0.3 is 5.41 Å². The molecule has 0 saturated heterocycles. The Morgan fingerprint density at radius 3 is 1.88 bits per heavy atom. The van der Waals surface area contributed by atoms with Crippen molar-refractivity contribution >= 4 is 23.8 Å². The molecular formula is C33H45F6NOSU. The number of thioether (sulfide) groups is 1. The Morgan fingerprint density at radius 1 is 0.953 bits per heavy atom. The zero-order valence-electron chi connectivity index (χ0n) is 26.1. The van der Waals surface area contributed by atoms with Crippen molar-refractivity contribution in [3.05, 3.63) is 82.4 Å². The Bertz CT molecular complexity index is 1020. The van der Waals surface area contributed by atoms with Gasteiger partial charge in [0.15, 0.2) is 0 Å². The molecule has 2 nitrogen and oxygen atoms in total. The predicted molar refractivity (Wildman–Crippen MR) is 164 cm³/mol. The zero-order chi connectivity index (χ0) is 32.6. The van der Waals surface area contributed by atoms with Crippen LogP contribution in [0.4, 0.5) is 26.3 Å². The summed E-state index contributed by atoms with van der Waals surface area (Å²) in [5.41, 5.74) is 3.05. The first kappa shape index (κ1) is 45.9. The Morgan fingerprint density at radius 2 is 1.56 bits per heavy atom. The number of alkyl halides is 6. The molecule has 0 saturated carbocycles. The van der Waals surface area contributed by atoms with E-state index in [1.165, 1.54) is 63.1 Å². The molecule has 10 heteroatoms. The second-order valence-electron chi connectivity index (χ2n) is 9.14. The van der Waals surface area contributed by atoms with E-state index in [-0.39, 0.29) is 36.9 Å². The Balaban J connectivity index is -0.000000519. The van der Waals surface area contributed by atoms with Crippen molar-refractivity contribution in [3.63, 3.8) is 0 Å². The van der Waals surface area contributed by atoms with E-state index in [1.54, 1.807) is 29.8 Å². The van der Waals surface area contributed by atoms with Crippen molar-refractivity contribution < 1.29 is 62.3 Å². The Labute approximate surface area is 282 Å². The van der Waals surface area contributed by atoms with Crippen molar-refractivity contribution in [2.75, 3.05) is 12.0 Å². The van der Waals surface area contributed by atoms with Gasteiger partial charge in [-0.05, 0) is 25.9 Å². The number of halogens is 6. The number of ketones is 1. The molecule has 0 amide bonds. The monoisotopic (exact) mass is 855 g/mol. The fourth-order valence-electron chi connectivity index (χ4n) is 3.49. The number of benzene rings is 2. The number of hydrogen-bond acceptors (Lipinski definition) is 3. The van der Waals surface area contributed by atoms with Gasteiger partial charge in [-0.2, -0.15) is 97.8 Å². The van der Waals surface area contributed by atoms with Gasteiger partial charge in [-0.25, -0.2) is 0 Å². The predicted octanol–water partition coefficient (Wildman–Crippen LogP) is 10.7. The Kier molecular flexibility index (Phi) is 28.7. The maximum Gasteiger partial charge on any atom is 2.00 e. The standard InChI is InChI=1S/C16H25.C7H4F3.C5H6F3N.C5H10OS.U/c1-4-7-8-11-15-13-9-12-14(10-5-2)16(15)6-3;8-7(9,10)6-4-2-1-3-5-6;1-2-4(3-9)5(6,7)8;1-5(6)3-4-7-2;/h9,13H,4-8,10-11H2,1-3H3;2-5H;2-3,9H,1H3;3-4H2,1-2H3;/q2*-1;;;+2/b;;4-2+,9-3?;;. The first-order valence-electron chi connectivity index (χ1n) is 14.0. The summed E-state index contributed by atoms with van der Waals surface area (Å²) >= 11 is 1.71. The first-order valence-corrected chi connectivity index (χ1v) is 15.4. The number of aryl methyl sites for hydroxylation is 2. The van der Waals surface area contributed by atoms with Gasteiger partial charge in [-0.15, -0.1) is 5.56 Å². The van der Waals surface area contributed by atoms with Crippen molar-refractivity contribution in [2.24, 2.45) is 0 Å². The molecule has 2 aromatic rings. The molecule has 0 aliphatic heterocycles. The summed E-state index contributed by atoms with van der Waals surface area (Å²) in [7, 11) is 0. The van der Waals surface area contributed by atoms with Crippen LogP contribution in [0.2, 0.25) is 0 Å². The SMILES string of the molecule is C/C=C(\C=N)C(F)(F)F.CCCCCc1cc[c-]c(CCC)c1CC.CSCCC(C)=O.FC(F)(F)c1cc[c-]cc1.[U+2]. The number of rotatable bonds is 11. The maximum atomic E-state index is 11.8. The number of nitrogens with one attached hydrogen (secondary N) is 1. The van der Waals surface area contributed by atoms with E-state index in [0.29, 0.717) is 6.21 Å². The number of carbonyl (C=O) groups excluding carboxylic acids is 1. The molecule has 0 aromatic heterocycles. The average Bonchev–Trinajstić information content (AvgIpc) is 2.93. The van der Waals surface area contributed by atoms with Crippen molar-refractivity contribution in [1.29, 1.82) is 5.41 Å². The third-order valence-electron chi connectivity index (χ3n) is 5.69. The van der Waals surface area contributed by atoms with Crippen LogP contribution in [0.25, 0.3) is 0 Å². The van der Waals surface area contributed by atoms with Gasteiger partial charge in [0, 0.05) is 12.6 Å². The molecule has 1 N–H and O–H groups in total. The van der Waals surface area contributed by atoms with Crippen LogP contribution in [-0.2, 0) is 30.2 Å². The molecule has 0 fully saturated rings. The molecule has 0 bridgehead atoms. The van der Waals surface area contributed by atoms with E-state index in [1.807, 2.05) is 6.26 Å². The van der Waals surface area contributed by atoms with Crippen LogP contribution in [0.5, 0.6) is 0 Å². The summed E-state index contributed by atoms with van der Waals surface area (Å²) in [4.78, 5) is 10.2. The van der Waals surface area contributed by atoms with Gasteiger partial charge in [0.05, 0.1) is 5.57 Å². The molecule has 240 valence electrons. The largest absolute Gasteiger partial charge is 2.00 e. The van der Waals surface area contributed by atoms with Crippen LogP contribution in [-0.4, -0.2) is 30.2 Å². The van der Waals surface area contributed by atoms with E-state index >= 15 is 0 Å². The number of unbranched alkanes of at least 4 members (excludes halogenated alkanes) is 2. The molecule has 0 unspecified atom stereocenters. The molecule has 0 spiro atoms. The van der Waals surface area contributed by atoms with Crippen LogP contribution < -0.4 is 0 Å². The van der Waals surface area contributed by atoms with Crippen LogP contribution >= 0.6 is 11.8 Å². The molecular weight excluding hydrogens is 810 g/mol. The molecule has 2 aromatic carbocycles. The van der Waals surface area contributed by atoms with E-state index in [4.69, 9.17) is 5.41 Å². The fraction of sp³-hybridized carbons (Fsp3) is 0.515. The summed E-state index contributed by atoms with van der Waals surface area (Å²) in [6.45, 7) is 9.65.